The number of methoxy groups -OCH3 is 1. The molecule has 104 valence electrons. The molecule has 3 atom stereocenters. The Kier molecular flexibility index (Phi) is 4.62. The van der Waals surface area contributed by atoms with Crippen LogP contribution in [0.25, 0.3) is 0 Å². The summed E-state index contributed by atoms with van der Waals surface area (Å²) in [6, 6.07) is 1.54. The van der Waals surface area contributed by atoms with Crippen molar-refractivity contribution in [3.8, 4) is 0 Å². The number of hydrogen-bond donors (Lipinski definition) is 1. The molecule has 0 saturated heterocycles. The molecule has 0 amide bonds. The number of rotatable bonds is 6. The number of nitro groups is 1. The zero-order valence-electron chi connectivity index (χ0n) is 10.3. The van der Waals surface area contributed by atoms with Crippen LogP contribution in [0.4, 0.5) is 0 Å². The van der Waals surface area contributed by atoms with Crippen LogP contribution < -0.4 is 0 Å². The predicted molar refractivity (Wildman–Crippen MR) is 61.0 cm³/mol. The first-order chi connectivity index (χ1) is 8.90. The van der Waals surface area contributed by atoms with Gasteiger partial charge in [-0.3, -0.25) is 19.7 Å². The van der Waals surface area contributed by atoms with Crippen molar-refractivity contribution in [1.29, 1.82) is 0 Å². The zero-order valence-corrected chi connectivity index (χ0v) is 10.3. The van der Waals surface area contributed by atoms with Crippen molar-refractivity contribution in [3.63, 3.8) is 0 Å². The monoisotopic (exact) mass is 271 g/mol. The predicted octanol–water partition coefficient (Wildman–Crippen LogP) is 0.902. The van der Waals surface area contributed by atoms with Gasteiger partial charge in [-0.1, -0.05) is 0 Å². The Bertz CT molecular complexity index is 467. The van der Waals surface area contributed by atoms with Crippen LogP contribution in [0.5, 0.6) is 0 Å². The molecule has 1 rings (SSSR count). The van der Waals surface area contributed by atoms with Crippen LogP contribution in [0.3, 0.4) is 0 Å². The number of carboxylic acid groups (broad SMARTS) is 1. The first-order valence-electron chi connectivity index (χ1n) is 5.37. The third-order valence-corrected chi connectivity index (χ3v) is 2.80. The molecule has 8 nitrogen and oxygen atoms in total. The standard InChI is InChI=1S/C11H13NO7/c1-6(12(16)17)8(7-4-3-5-19-7)9(10(13)14)11(15)18-2/h3-6,8-9H,1-2H3,(H,13,14). The lowest BCUT2D eigenvalue weighted by atomic mass is 9.85. The van der Waals surface area contributed by atoms with Gasteiger partial charge in [0, 0.05) is 11.8 Å². The van der Waals surface area contributed by atoms with E-state index in [0.717, 1.165) is 7.11 Å². The van der Waals surface area contributed by atoms with Gasteiger partial charge >= 0.3 is 11.9 Å². The van der Waals surface area contributed by atoms with E-state index in [1.807, 2.05) is 0 Å². The summed E-state index contributed by atoms with van der Waals surface area (Å²) >= 11 is 0. The first kappa shape index (κ1) is 14.7. The summed E-state index contributed by atoms with van der Waals surface area (Å²) < 4.78 is 9.42. The molecule has 19 heavy (non-hydrogen) atoms. The van der Waals surface area contributed by atoms with Gasteiger partial charge in [0.25, 0.3) is 0 Å². The summed E-state index contributed by atoms with van der Waals surface area (Å²) in [5.41, 5.74) is 0. The third kappa shape index (κ3) is 3.09. The molecule has 0 aromatic carbocycles. The molecule has 0 aliphatic carbocycles. The van der Waals surface area contributed by atoms with Crippen molar-refractivity contribution in [1.82, 2.24) is 0 Å². The van der Waals surface area contributed by atoms with Gasteiger partial charge in [-0.05, 0) is 12.1 Å². The fourth-order valence-electron chi connectivity index (χ4n) is 1.82. The largest absolute Gasteiger partial charge is 0.481 e. The number of furan rings is 1. The Hall–Kier alpha value is -2.38. The van der Waals surface area contributed by atoms with Crippen LogP contribution in [0.15, 0.2) is 22.8 Å². The van der Waals surface area contributed by atoms with Gasteiger partial charge in [-0.2, -0.15) is 0 Å². The molecule has 1 aromatic heterocycles. The van der Waals surface area contributed by atoms with Gasteiger partial charge in [0.1, 0.15) is 11.7 Å². The van der Waals surface area contributed by atoms with Crippen LogP contribution in [0.1, 0.15) is 18.6 Å². The van der Waals surface area contributed by atoms with Gasteiger partial charge in [0.05, 0.1) is 13.4 Å². The molecule has 0 spiro atoms. The fraction of sp³-hybridized carbons (Fsp3) is 0.455. The molecule has 8 heteroatoms. The van der Waals surface area contributed by atoms with Crippen LogP contribution in [0, 0.1) is 16.0 Å². The van der Waals surface area contributed by atoms with Gasteiger partial charge in [0.15, 0.2) is 5.92 Å². The van der Waals surface area contributed by atoms with Crippen molar-refractivity contribution < 1.29 is 28.8 Å². The minimum atomic E-state index is -1.70. The normalized spacial score (nSPS) is 15.3. The molecule has 3 unspecified atom stereocenters. The van der Waals surface area contributed by atoms with E-state index in [4.69, 9.17) is 9.52 Å². The van der Waals surface area contributed by atoms with Crippen LogP contribution >= 0.6 is 0 Å². The van der Waals surface area contributed by atoms with E-state index in [0.29, 0.717) is 0 Å². The summed E-state index contributed by atoms with van der Waals surface area (Å²) in [6.45, 7) is 1.21. The number of nitrogens with zero attached hydrogens (tertiary/aromatic N) is 1. The molecular weight excluding hydrogens is 258 g/mol. The molecule has 1 heterocycles. The smallest absolute Gasteiger partial charge is 0.321 e. The summed E-state index contributed by atoms with van der Waals surface area (Å²) in [6.07, 6.45) is 1.26. The minimum Gasteiger partial charge on any atom is -0.481 e. The van der Waals surface area contributed by atoms with Crippen LogP contribution in [-0.4, -0.2) is 35.1 Å². The second-order valence-corrected chi connectivity index (χ2v) is 3.91. The number of carbonyl (C=O) groups is 2. The molecule has 0 aliphatic rings. The maximum atomic E-state index is 11.5. The number of hydrogen-bond acceptors (Lipinski definition) is 6. The van der Waals surface area contributed by atoms with Gasteiger partial charge in [-0.25, -0.2) is 0 Å². The van der Waals surface area contributed by atoms with Gasteiger partial charge in [0.2, 0.25) is 6.04 Å². The number of ether oxygens (including phenoxy) is 1. The summed E-state index contributed by atoms with van der Waals surface area (Å²) in [5, 5.41) is 20.0. The lowest BCUT2D eigenvalue weighted by molar-refractivity contribution is -0.523. The summed E-state index contributed by atoms with van der Waals surface area (Å²) in [7, 11) is 1.02. The van der Waals surface area contributed by atoms with Gasteiger partial charge in [-0.15, -0.1) is 0 Å². The van der Waals surface area contributed by atoms with Crippen molar-refractivity contribution >= 4 is 11.9 Å². The molecule has 0 saturated carbocycles. The van der Waals surface area contributed by atoms with Crippen LogP contribution in [0.2, 0.25) is 0 Å². The Morgan fingerprint density at radius 1 is 1.53 bits per heavy atom. The fourth-order valence-corrected chi connectivity index (χ4v) is 1.82. The number of carbonyl (C=O) groups excluding carboxylic acids is 1. The molecule has 1 aromatic rings. The lowest BCUT2D eigenvalue weighted by Crippen LogP contribution is -2.38. The summed E-state index contributed by atoms with van der Waals surface area (Å²) in [4.78, 5) is 33.0. The number of carboxylic acids is 1. The van der Waals surface area contributed by atoms with E-state index in [1.54, 1.807) is 0 Å². The van der Waals surface area contributed by atoms with Crippen molar-refractivity contribution in [3.05, 3.63) is 34.3 Å². The van der Waals surface area contributed by atoms with E-state index in [9.17, 15) is 19.7 Å². The van der Waals surface area contributed by atoms with Crippen LogP contribution in [-0.2, 0) is 14.3 Å². The topological polar surface area (TPSA) is 120 Å². The molecular formula is C11H13NO7. The van der Waals surface area contributed by atoms with Crippen molar-refractivity contribution in [2.24, 2.45) is 5.92 Å². The van der Waals surface area contributed by atoms with Gasteiger partial charge < -0.3 is 14.3 Å². The van der Waals surface area contributed by atoms with E-state index in [-0.39, 0.29) is 5.76 Å². The zero-order chi connectivity index (χ0) is 14.6. The average Bonchev–Trinajstić information content (AvgIpc) is 2.86. The lowest BCUT2D eigenvalue weighted by Gasteiger charge is -2.21. The average molecular weight is 271 g/mol. The maximum Gasteiger partial charge on any atom is 0.321 e. The van der Waals surface area contributed by atoms with Crippen molar-refractivity contribution in [2.75, 3.05) is 7.11 Å². The molecule has 0 fully saturated rings. The SMILES string of the molecule is COC(=O)C(C(=O)O)C(c1ccco1)C(C)[N+](=O)[O-]. The second-order valence-electron chi connectivity index (χ2n) is 3.91. The number of aliphatic carboxylic acids is 1. The maximum absolute atomic E-state index is 11.5. The molecule has 0 radical (unpaired) electrons. The van der Waals surface area contributed by atoms with E-state index >= 15 is 0 Å². The number of esters is 1. The second kappa shape index (κ2) is 5.98. The van der Waals surface area contributed by atoms with Crippen molar-refractivity contribution in [2.45, 2.75) is 18.9 Å². The molecule has 1 N–H and O–H groups in total. The Labute approximate surface area is 108 Å². The highest BCUT2D eigenvalue weighted by Gasteiger charge is 2.46. The minimum absolute atomic E-state index is 0.0574. The third-order valence-electron chi connectivity index (χ3n) is 2.80. The van der Waals surface area contributed by atoms with E-state index in [2.05, 4.69) is 4.74 Å². The first-order valence-corrected chi connectivity index (χ1v) is 5.37. The molecule has 0 aliphatic heterocycles. The Morgan fingerprint density at radius 3 is 2.53 bits per heavy atom. The quantitative estimate of drug-likeness (QED) is 0.353. The van der Waals surface area contributed by atoms with E-state index in [1.165, 1.54) is 25.3 Å². The van der Waals surface area contributed by atoms with E-state index < -0.39 is 34.7 Å². The highest BCUT2D eigenvalue weighted by molar-refractivity contribution is 5.95. The Balaban J connectivity index is 3.25. The highest BCUT2D eigenvalue weighted by Crippen LogP contribution is 2.31. The molecule has 0 bridgehead atoms. The highest BCUT2D eigenvalue weighted by atomic mass is 16.6. The summed E-state index contributed by atoms with van der Waals surface area (Å²) in [5.74, 6) is -5.43. The Morgan fingerprint density at radius 2 is 2.16 bits per heavy atom.